The van der Waals surface area contributed by atoms with Crippen LogP contribution in [0.3, 0.4) is 0 Å². The van der Waals surface area contributed by atoms with Gasteiger partial charge in [-0.2, -0.15) is 4.98 Å². The number of nitro groups is 1. The molecule has 1 aromatic heterocycles. The Balaban J connectivity index is 2.21. The van der Waals surface area contributed by atoms with Crippen LogP contribution < -0.4 is 10.4 Å². The molecule has 26 heavy (non-hydrogen) atoms. The van der Waals surface area contributed by atoms with Gasteiger partial charge >= 0.3 is 5.69 Å². The summed E-state index contributed by atoms with van der Waals surface area (Å²) in [6.45, 7) is 2.23. The highest BCUT2D eigenvalue weighted by molar-refractivity contribution is 5.70. The average Bonchev–Trinajstić information content (AvgIpc) is 2.67. The third kappa shape index (κ3) is 3.32. The van der Waals surface area contributed by atoms with Crippen molar-refractivity contribution in [1.29, 1.82) is 0 Å². The van der Waals surface area contributed by atoms with Crippen LogP contribution in [0.25, 0.3) is 22.5 Å². The predicted octanol–water partition coefficient (Wildman–Crippen LogP) is 3.51. The predicted molar refractivity (Wildman–Crippen MR) is 98.2 cm³/mol. The third-order valence-electron chi connectivity index (χ3n) is 4.05. The maximum Gasteiger partial charge on any atom is 0.348 e. The SMILES string of the molecule is CCn1c(-c2cccc([N+](=O)[O-])c2)cc(-c2cccc(OC)c2)nc1=O. The zero-order valence-electron chi connectivity index (χ0n) is 14.4. The second-order valence-electron chi connectivity index (χ2n) is 5.59. The van der Waals surface area contributed by atoms with Gasteiger partial charge < -0.3 is 4.74 Å². The van der Waals surface area contributed by atoms with Crippen LogP contribution >= 0.6 is 0 Å². The van der Waals surface area contributed by atoms with Gasteiger partial charge in [0, 0.05) is 29.8 Å². The molecule has 0 aliphatic rings. The molecule has 3 rings (SSSR count). The minimum atomic E-state index is -0.456. The van der Waals surface area contributed by atoms with E-state index in [1.807, 2.05) is 19.1 Å². The van der Waals surface area contributed by atoms with Gasteiger partial charge in [0.15, 0.2) is 0 Å². The van der Waals surface area contributed by atoms with Crippen molar-refractivity contribution >= 4 is 5.69 Å². The van der Waals surface area contributed by atoms with Gasteiger partial charge in [0.2, 0.25) is 0 Å². The highest BCUT2D eigenvalue weighted by atomic mass is 16.6. The van der Waals surface area contributed by atoms with Gasteiger partial charge in [0.25, 0.3) is 5.69 Å². The summed E-state index contributed by atoms with van der Waals surface area (Å²) < 4.78 is 6.71. The molecule has 3 aromatic rings. The van der Waals surface area contributed by atoms with E-state index in [-0.39, 0.29) is 5.69 Å². The zero-order valence-corrected chi connectivity index (χ0v) is 14.4. The highest BCUT2D eigenvalue weighted by Crippen LogP contribution is 2.27. The number of hydrogen-bond donors (Lipinski definition) is 0. The molecule has 0 bridgehead atoms. The van der Waals surface area contributed by atoms with Crippen molar-refractivity contribution in [2.45, 2.75) is 13.5 Å². The zero-order chi connectivity index (χ0) is 18.7. The van der Waals surface area contributed by atoms with Crippen LogP contribution in [0, 0.1) is 10.1 Å². The van der Waals surface area contributed by atoms with E-state index in [2.05, 4.69) is 4.98 Å². The van der Waals surface area contributed by atoms with E-state index in [0.717, 1.165) is 5.56 Å². The Morgan fingerprint density at radius 3 is 2.54 bits per heavy atom. The van der Waals surface area contributed by atoms with Crippen LogP contribution in [0.1, 0.15) is 6.92 Å². The molecule has 0 radical (unpaired) electrons. The van der Waals surface area contributed by atoms with Gasteiger partial charge in [-0.25, -0.2) is 4.79 Å². The fraction of sp³-hybridized carbons (Fsp3) is 0.158. The Morgan fingerprint density at radius 2 is 1.85 bits per heavy atom. The van der Waals surface area contributed by atoms with Crippen molar-refractivity contribution in [3.05, 3.63) is 75.2 Å². The lowest BCUT2D eigenvalue weighted by molar-refractivity contribution is -0.384. The molecule has 0 aliphatic heterocycles. The molecule has 0 atom stereocenters. The number of ether oxygens (including phenoxy) is 1. The lowest BCUT2D eigenvalue weighted by Gasteiger charge is -2.13. The Labute approximate surface area is 149 Å². The van der Waals surface area contributed by atoms with E-state index in [0.29, 0.717) is 29.2 Å². The Morgan fingerprint density at radius 1 is 1.12 bits per heavy atom. The summed E-state index contributed by atoms with van der Waals surface area (Å²) in [6, 6.07) is 15.2. The number of rotatable bonds is 5. The molecule has 2 aromatic carbocycles. The highest BCUT2D eigenvalue weighted by Gasteiger charge is 2.14. The molecule has 1 heterocycles. The molecule has 0 saturated carbocycles. The van der Waals surface area contributed by atoms with E-state index in [1.165, 1.54) is 16.7 Å². The Hall–Kier alpha value is -3.48. The van der Waals surface area contributed by atoms with Gasteiger partial charge in [-0.3, -0.25) is 14.7 Å². The molecule has 7 heteroatoms. The van der Waals surface area contributed by atoms with Gasteiger partial charge in [-0.1, -0.05) is 24.3 Å². The molecule has 0 spiro atoms. The monoisotopic (exact) mass is 351 g/mol. The van der Waals surface area contributed by atoms with Crippen LogP contribution in [-0.2, 0) is 6.54 Å². The van der Waals surface area contributed by atoms with Crippen molar-refractivity contribution in [3.63, 3.8) is 0 Å². The number of aromatic nitrogens is 2. The quantitative estimate of drug-likeness (QED) is 0.518. The van der Waals surface area contributed by atoms with E-state index in [9.17, 15) is 14.9 Å². The van der Waals surface area contributed by atoms with Gasteiger partial charge in [-0.15, -0.1) is 0 Å². The Bertz CT molecular complexity index is 1030. The van der Waals surface area contributed by atoms with Crippen molar-refractivity contribution in [2.24, 2.45) is 0 Å². The van der Waals surface area contributed by atoms with Crippen molar-refractivity contribution < 1.29 is 9.66 Å². The van der Waals surface area contributed by atoms with Crippen LogP contribution in [0.4, 0.5) is 5.69 Å². The van der Waals surface area contributed by atoms with Crippen LogP contribution in [0.5, 0.6) is 5.75 Å². The molecule has 0 fully saturated rings. The normalized spacial score (nSPS) is 10.5. The summed E-state index contributed by atoms with van der Waals surface area (Å²) in [5.74, 6) is 0.654. The molecular formula is C19H17N3O4. The van der Waals surface area contributed by atoms with Crippen molar-refractivity contribution in [2.75, 3.05) is 7.11 Å². The minimum absolute atomic E-state index is 0.0302. The summed E-state index contributed by atoms with van der Waals surface area (Å²) in [7, 11) is 1.57. The molecule has 0 aliphatic carbocycles. The smallest absolute Gasteiger partial charge is 0.348 e. The van der Waals surface area contributed by atoms with Crippen LogP contribution in [-0.4, -0.2) is 21.6 Å². The molecule has 7 nitrogen and oxygen atoms in total. The molecule has 0 amide bonds. The van der Waals surface area contributed by atoms with E-state index in [1.54, 1.807) is 37.4 Å². The topological polar surface area (TPSA) is 87.3 Å². The number of methoxy groups -OCH3 is 1. The summed E-state index contributed by atoms with van der Waals surface area (Å²) in [4.78, 5) is 27.3. The molecule has 0 unspecified atom stereocenters. The molecular weight excluding hydrogens is 334 g/mol. The second-order valence-corrected chi connectivity index (χ2v) is 5.59. The number of nitro benzene ring substituents is 1. The van der Waals surface area contributed by atoms with Gasteiger partial charge in [0.1, 0.15) is 5.75 Å². The lowest BCUT2D eigenvalue weighted by atomic mass is 10.1. The second kappa shape index (κ2) is 7.18. The minimum Gasteiger partial charge on any atom is -0.497 e. The Kier molecular flexibility index (Phi) is 4.79. The summed E-state index contributed by atoms with van der Waals surface area (Å²) >= 11 is 0. The fourth-order valence-electron chi connectivity index (χ4n) is 2.76. The number of non-ortho nitro benzene ring substituents is 1. The maximum absolute atomic E-state index is 12.5. The van der Waals surface area contributed by atoms with Gasteiger partial charge in [0.05, 0.1) is 23.4 Å². The van der Waals surface area contributed by atoms with Crippen molar-refractivity contribution in [1.82, 2.24) is 9.55 Å². The average molecular weight is 351 g/mol. The number of nitrogens with zero attached hydrogens (tertiary/aromatic N) is 3. The van der Waals surface area contributed by atoms with E-state index in [4.69, 9.17) is 4.74 Å². The molecule has 0 N–H and O–H groups in total. The molecule has 132 valence electrons. The first-order valence-electron chi connectivity index (χ1n) is 8.04. The molecule has 0 saturated heterocycles. The number of benzene rings is 2. The lowest BCUT2D eigenvalue weighted by Crippen LogP contribution is -2.24. The first kappa shape index (κ1) is 17.3. The first-order valence-corrected chi connectivity index (χ1v) is 8.04. The summed E-state index contributed by atoms with van der Waals surface area (Å²) in [5, 5.41) is 11.1. The maximum atomic E-state index is 12.5. The van der Waals surface area contributed by atoms with Crippen molar-refractivity contribution in [3.8, 4) is 28.3 Å². The van der Waals surface area contributed by atoms with Crippen LogP contribution in [0.2, 0.25) is 0 Å². The third-order valence-corrected chi connectivity index (χ3v) is 4.05. The standard InChI is InChI=1S/C19H17N3O4/c1-3-21-18(14-7-4-8-15(10-14)22(24)25)12-17(20-19(21)23)13-6-5-9-16(11-13)26-2/h4-12H,3H2,1-2H3. The summed E-state index contributed by atoms with van der Waals surface area (Å²) in [6.07, 6.45) is 0. The number of hydrogen-bond acceptors (Lipinski definition) is 5. The first-order chi connectivity index (χ1) is 12.5. The fourth-order valence-corrected chi connectivity index (χ4v) is 2.76. The van der Waals surface area contributed by atoms with Gasteiger partial charge in [-0.05, 0) is 25.1 Å². The largest absolute Gasteiger partial charge is 0.497 e. The van der Waals surface area contributed by atoms with E-state index >= 15 is 0 Å². The van der Waals surface area contributed by atoms with Crippen LogP contribution in [0.15, 0.2) is 59.4 Å². The summed E-state index contributed by atoms with van der Waals surface area (Å²) in [5.41, 5.74) is 1.95. The van der Waals surface area contributed by atoms with E-state index < -0.39 is 10.6 Å².